The molecule has 0 radical (unpaired) electrons. The topological polar surface area (TPSA) is 91.8 Å². The standard InChI is InChI=1S/C22H32N4O3S/c1-17(2)26-30(27,28)16-19-11-9-18(10-12-19)15-25-22(23-3)24-14-13-20-7-5-6-8-21(20)29-4/h5-12,17,26H,13-16H2,1-4H3,(H2,23,24,25). The van der Waals surface area contributed by atoms with Crippen LogP contribution in [0, 0.1) is 0 Å². The molecule has 7 nitrogen and oxygen atoms in total. The van der Waals surface area contributed by atoms with Gasteiger partial charge in [-0.05, 0) is 43.0 Å². The summed E-state index contributed by atoms with van der Waals surface area (Å²) in [5.74, 6) is 1.57. The summed E-state index contributed by atoms with van der Waals surface area (Å²) < 4.78 is 32.0. The van der Waals surface area contributed by atoms with Crippen molar-refractivity contribution in [3.05, 3.63) is 65.2 Å². The molecule has 2 aromatic carbocycles. The molecule has 0 aromatic heterocycles. The molecule has 0 heterocycles. The maximum Gasteiger partial charge on any atom is 0.216 e. The maximum absolute atomic E-state index is 12.0. The predicted molar refractivity (Wildman–Crippen MR) is 122 cm³/mol. The molecule has 164 valence electrons. The lowest BCUT2D eigenvalue weighted by molar-refractivity contribution is 0.409. The lowest BCUT2D eigenvalue weighted by Gasteiger charge is -2.13. The Balaban J connectivity index is 1.82. The summed E-state index contributed by atoms with van der Waals surface area (Å²) >= 11 is 0. The van der Waals surface area contributed by atoms with Crippen LogP contribution < -0.4 is 20.1 Å². The molecule has 2 aromatic rings. The van der Waals surface area contributed by atoms with Gasteiger partial charge in [-0.1, -0.05) is 42.5 Å². The van der Waals surface area contributed by atoms with Crippen LogP contribution in [0.3, 0.4) is 0 Å². The Labute approximate surface area is 180 Å². The van der Waals surface area contributed by atoms with Gasteiger partial charge in [0.25, 0.3) is 0 Å². The molecule has 8 heteroatoms. The van der Waals surface area contributed by atoms with Crippen molar-refractivity contribution in [2.45, 2.75) is 38.6 Å². The quantitative estimate of drug-likeness (QED) is 0.396. The molecule has 0 spiro atoms. The van der Waals surface area contributed by atoms with Gasteiger partial charge in [-0.15, -0.1) is 0 Å². The van der Waals surface area contributed by atoms with Crippen molar-refractivity contribution in [3.8, 4) is 5.75 Å². The molecule has 2 rings (SSSR count). The number of ether oxygens (including phenoxy) is 1. The Morgan fingerprint density at radius 1 is 1.03 bits per heavy atom. The third-order valence-electron chi connectivity index (χ3n) is 4.36. The molecular weight excluding hydrogens is 400 g/mol. The van der Waals surface area contributed by atoms with Gasteiger partial charge in [-0.2, -0.15) is 0 Å². The number of hydrogen-bond donors (Lipinski definition) is 3. The number of nitrogens with zero attached hydrogens (tertiary/aromatic N) is 1. The molecule has 0 amide bonds. The van der Waals surface area contributed by atoms with Crippen molar-refractivity contribution >= 4 is 16.0 Å². The van der Waals surface area contributed by atoms with Gasteiger partial charge in [0, 0.05) is 26.2 Å². The average molecular weight is 433 g/mol. The van der Waals surface area contributed by atoms with Crippen LogP contribution in [0.4, 0.5) is 0 Å². The van der Waals surface area contributed by atoms with E-state index in [1.165, 1.54) is 0 Å². The molecule has 0 fully saturated rings. The van der Waals surface area contributed by atoms with Gasteiger partial charge in [-0.3, -0.25) is 4.99 Å². The highest BCUT2D eigenvalue weighted by Gasteiger charge is 2.12. The molecule has 0 unspecified atom stereocenters. The number of aliphatic imine (C=N–C) groups is 1. The summed E-state index contributed by atoms with van der Waals surface area (Å²) in [4.78, 5) is 4.25. The minimum Gasteiger partial charge on any atom is -0.496 e. The lowest BCUT2D eigenvalue weighted by atomic mass is 10.1. The number of hydrogen-bond acceptors (Lipinski definition) is 4. The molecule has 0 aliphatic heterocycles. The van der Waals surface area contributed by atoms with E-state index in [0.29, 0.717) is 12.5 Å². The van der Waals surface area contributed by atoms with Crippen LogP contribution >= 0.6 is 0 Å². The Bertz CT molecular complexity index is 926. The first-order valence-electron chi connectivity index (χ1n) is 9.97. The molecule has 0 saturated carbocycles. The van der Waals surface area contributed by atoms with Gasteiger partial charge in [0.1, 0.15) is 5.75 Å². The maximum atomic E-state index is 12.0. The van der Waals surface area contributed by atoms with E-state index in [0.717, 1.165) is 35.4 Å². The molecule has 3 N–H and O–H groups in total. The van der Waals surface area contributed by atoms with E-state index < -0.39 is 10.0 Å². The second-order valence-corrected chi connectivity index (χ2v) is 9.02. The average Bonchev–Trinajstić information content (AvgIpc) is 2.70. The molecule has 0 atom stereocenters. The first kappa shape index (κ1) is 23.7. The van der Waals surface area contributed by atoms with Crippen LogP contribution in [0.1, 0.15) is 30.5 Å². The van der Waals surface area contributed by atoms with E-state index in [1.54, 1.807) is 14.2 Å². The third-order valence-corrected chi connectivity index (χ3v) is 5.90. The summed E-state index contributed by atoms with van der Waals surface area (Å²) in [6, 6.07) is 15.4. The minimum absolute atomic E-state index is 0.0228. The Hall–Kier alpha value is -2.58. The van der Waals surface area contributed by atoms with Crippen LogP contribution in [-0.2, 0) is 28.7 Å². The second-order valence-electron chi connectivity index (χ2n) is 7.26. The summed E-state index contributed by atoms with van der Waals surface area (Å²) in [6.07, 6.45) is 0.818. The van der Waals surface area contributed by atoms with E-state index in [9.17, 15) is 8.42 Å². The third kappa shape index (κ3) is 8.04. The van der Waals surface area contributed by atoms with Crippen LogP contribution in [0.2, 0.25) is 0 Å². The molecule has 0 saturated heterocycles. The first-order valence-corrected chi connectivity index (χ1v) is 11.6. The number of sulfonamides is 1. The number of benzene rings is 2. The number of guanidine groups is 1. The molecule has 0 aliphatic carbocycles. The summed E-state index contributed by atoms with van der Waals surface area (Å²) in [6.45, 7) is 4.93. The second kappa shape index (κ2) is 11.6. The van der Waals surface area contributed by atoms with Crippen molar-refractivity contribution in [1.29, 1.82) is 0 Å². The normalized spacial score (nSPS) is 12.1. The fraction of sp³-hybridized carbons (Fsp3) is 0.409. The molecule has 30 heavy (non-hydrogen) atoms. The van der Waals surface area contributed by atoms with E-state index in [4.69, 9.17) is 4.74 Å². The first-order chi connectivity index (χ1) is 14.3. The zero-order chi connectivity index (χ0) is 22.0. The van der Waals surface area contributed by atoms with Crippen LogP contribution in [0.25, 0.3) is 0 Å². The van der Waals surface area contributed by atoms with Crippen molar-refractivity contribution < 1.29 is 13.2 Å². The number of rotatable bonds is 10. The van der Waals surface area contributed by atoms with Crippen molar-refractivity contribution in [2.24, 2.45) is 4.99 Å². The highest BCUT2D eigenvalue weighted by molar-refractivity contribution is 7.88. The highest BCUT2D eigenvalue weighted by Crippen LogP contribution is 2.17. The van der Waals surface area contributed by atoms with Crippen molar-refractivity contribution in [1.82, 2.24) is 15.4 Å². The predicted octanol–water partition coefficient (Wildman–Crippen LogP) is 2.43. The Morgan fingerprint density at radius 3 is 2.33 bits per heavy atom. The van der Waals surface area contributed by atoms with Gasteiger partial charge in [-0.25, -0.2) is 13.1 Å². The largest absolute Gasteiger partial charge is 0.496 e. The number of methoxy groups -OCH3 is 1. The summed E-state index contributed by atoms with van der Waals surface area (Å²) in [5.41, 5.74) is 2.94. The van der Waals surface area contributed by atoms with Crippen molar-refractivity contribution in [3.63, 3.8) is 0 Å². The van der Waals surface area contributed by atoms with Crippen LogP contribution in [-0.4, -0.2) is 41.1 Å². The Kier molecular flexibility index (Phi) is 9.14. The lowest BCUT2D eigenvalue weighted by Crippen LogP contribution is -2.37. The molecular formula is C22H32N4O3S. The fourth-order valence-electron chi connectivity index (χ4n) is 3.01. The SMILES string of the molecule is CN=C(NCCc1ccccc1OC)NCc1ccc(CS(=O)(=O)NC(C)C)cc1. The van der Waals surface area contributed by atoms with Crippen LogP contribution in [0.5, 0.6) is 5.75 Å². The van der Waals surface area contributed by atoms with Crippen LogP contribution in [0.15, 0.2) is 53.5 Å². The van der Waals surface area contributed by atoms with E-state index >= 15 is 0 Å². The number of para-hydroxylation sites is 1. The monoisotopic (exact) mass is 432 g/mol. The summed E-state index contributed by atoms with van der Waals surface area (Å²) in [5, 5.41) is 6.57. The highest BCUT2D eigenvalue weighted by atomic mass is 32.2. The van der Waals surface area contributed by atoms with Gasteiger partial charge in [0.05, 0.1) is 12.9 Å². The fourth-order valence-corrected chi connectivity index (χ4v) is 4.44. The molecule has 0 bridgehead atoms. The van der Waals surface area contributed by atoms with E-state index in [-0.39, 0.29) is 11.8 Å². The minimum atomic E-state index is -3.32. The van der Waals surface area contributed by atoms with Gasteiger partial charge in [0.15, 0.2) is 5.96 Å². The zero-order valence-corrected chi connectivity index (χ0v) is 18.9. The Morgan fingerprint density at radius 2 is 1.70 bits per heavy atom. The zero-order valence-electron chi connectivity index (χ0n) is 18.1. The summed E-state index contributed by atoms with van der Waals surface area (Å²) in [7, 11) is 0.0868. The van der Waals surface area contributed by atoms with Gasteiger partial charge in [0.2, 0.25) is 10.0 Å². The van der Waals surface area contributed by atoms with E-state index in [2.05, 4.69) is 26.4 Å². The smallest absolute Gasteiger partial charge is 0.216 e. The van der Waals surface area contributed by atoms with E-state index in [1.807, 2.05) is 56.3 Å². The van der Waals surface area contributed by atoms with Gasteiger partial charge >= 0.3 is 0 Å². The van der Waals surface area contributed by atoms with Crippen molar-refractivity contribution in [2.75, 3.05) is 20.7 Å². The number of nitrogens with one attached hydrogen (secondary N) is 3. The molecule has 0 aliphatic rings. The van der Waals surface area contributed by atoms with Gasteiger partial charge < -0.3 is 15.4 Å².